The number of aliphatic carboxylic acids is 1. The molecule has 2 rings (SSSR count). The molecule has 2 aromatic carbocycles. The number of carbonyl (C=O) groups excluding carboxylic acids is 1. The third-order valence-corrected chi connectivity index (χ3v) is 4.62. The molecule has 0 saturated carbocycles. The number of carbonyl (C=O) groups is 2. The van der Waals surface area contributed by atoms with Crippen LogP contribution in [0.5, 0.6) is 11.5 Å². The highest BCUT2D eigenvalue weighted by molar-refractivity contribution is 6.43. The lowest BCUT2D eigenvalue weighted by atomic mass is 10.1. The molecule has 0 unspecified atom stereocenters. The molecule has 0 heterocycles. The van der Waals surface area contributed by atoms with Crippen LogP contribution in [0.1, 0.15) is 29.8 Å². The average molecular weight is 409 g/mol. The van der Waals surface area contributed by atoms with Gasteiger partial charge in [0.25, 0.3) is 0 Å². The van der Waals surface area contributed by atoms with E-state index >= 15 is 0 Å². The third-order valence-electron chi connectivity index (χ3n) is 3.75. The number of rotatable bonds is 7. The molecular weight excluding hydrogens is 391 g/mol. The Bertz CT molecular complexity index is 886. The highest BCUT2D eigenvalue weighted by atomic mass is 35.5. The maximum absolute atomic E-state index is 12.2. The van der Waals surface area contributed by atoms with Gasteiger partial charge in [-0.15, -0.1) is 0 Å². The van der Waals surface area contributed by atoms with Crippen LogP contribution >= 0.6 is 23.2 Å². The number of hydrogen-bond donors (Lipinski definition) is 1. The zero-order valence-electron chi connectivity index (χ0n) is 15.0. The van der Waals surface area contributed by atoms with Crippen molar-refractivity contribution < 1.29 is 24.2 Å². The Morgan fingerprint density at radius 1 is 1.04 bits per heavy atom. The summed E-state index contributed by atoms with van der Waals surface area (Å²) in [7, 11) is 1.55. The zero-order chi connectivity index (χ0) is 20.2. The van der Waals surface area contributed by atoms with Gasteiger partial charge in [-0.2, -0.15) is 0 Å². The number of halogens is 2. The van der Waals surface area contributed by atoms with Gasteiger partial charge in [0.1, 0.15) is 16.5 Å². The number of hydrogen-bond acceptors (Lipinski definition) is 4. The van der Waals surface area contributed by atoms with E-state index in [-0.39, 0.29) is 21.6 Å². The van der Waals surface area contributed by atoms with Gasteiger partial charge in [-0.05, 0) is 68.0 Å². The van der Waals surface area contributed by atoms with Crippen LogP contribution in [0.3, 0.4) is 0 Å². The van der Waals surface area contributed by atoms with Gasteiger partial charge in [-0.3, -0.25) is 4.79 Å². The smallest absolute Gasteiger partial charge is 0.347 e. The van der Waals surface area contributed by atoms with Gasteiger partial charge in [-0.1, -0.05) is 23.2 Å². The fraction of sp³-hybridized carbons (Fsp3) is 0.200. The molecule has 0 bridgehead atoms. The lowest BCUT2D eigenvalue weighted by Gasteiger charge is -2.22. The Labute approximate surface area is 167 Å². The zero-order valence-corrected chi connectivity index (χ0v) is 16.5. The highest BCUT2D eigenvalue weighted by Crippen LogP contribution is 2.37. The standard InChI is InChI=1S/C20H18Cl2O5/c1-20(2,19(24)25)27-16-11-7-13(17(21)18(16)22)6-10-15(23)12-4-8-14(26-3)9-5-12/h4-11H,1-3H3,(H,24,25). The second-order valence-electron chi connectivity index (χ2n) is 6.12. The molecule has 7 heteroatoms. The van der Waals surface area contributed by atoms with E-state index in [2.05, 4.69) is 0 Å². The van der Waals surface area contributed by atoms with Crippen molar-refractivity contribution in [2.75, 3.05) is 7.11 Å². The summed E-state index contributed by atoms with van der Waals surface area (Å²) < 4.78 is 10.5. The van der Waals surface area contributed by atoms with Crippen LogP contribution < -0.4 is 9.47 Å². The predicted octanol–water partition coefficient (Wildman–Crippen LogP) is 5.14. The first-order valence-corrected chi connectivity index (χ1v) is 8.68. The largest absolute Gasteiger partial charge is 0.497 e. The van der Waals surface area contributed by atoms with Crippen LogP contribution in [0.4, 0.5) is 0 Å². The topological polar surface area (TPSA) is 72.8 Å². The van der Waals surface area contributed by atoms with E-state index < -0.39 is 11.6 Å². The summed E-state index contributed by atoms with van der Waals surface area (Å²) in [4.78, 5) is 23.4. The minimum Gasteiger partial charge on any atom is -0.497 e. The van der Waals surface area contributed by atoms with Crippen molar-refractivity contribution in [3.8, 4) is 11.5 Å². The Morgan fingerprint density at radius 2 is 1.67 bits per heavy atom. The van der Waals surface area contributed by atoms with E-state index in [0.29, 0.717) is 16.9 Å². The molecule has 0 saturated heterocycles. The molecule has 0 atom stereocenters. The summed E-state index contributed by atoms with van der Waals surface area (Å²) in [6.07, 6.45) is 2.91. The highest BCUT2D eigenvalue weighted by Gasteiger charge is 2.30. The van der Waals surface area contributed by atoms with Gasteiger partial charge < -0.3 is 14.6 Å². The van der Waals surface area contributed by atoms with Crippen molar-refractivity contribution in [3.63, 3.8) is 0 Å². The number of benzene rings is 2. The molecule has 0 spiro atoms. The number of methoxy groups -OCH3 is 1. The fourth-order valence-electron chi connectivity index (χ4n) is 2.09. The average Bonchev–Trinajstić information content (AvgIpc) is 2.64. The number of ketones is 1. The van der Waals surface area contributed by atoms with Gasteiger partial charge in [-0.25, -0.2) is 4.79 Å². The van der Waals surface area contributed by atoms with Crippen LogP contribution in [-0.4, -0.2) is 29.6 Å². The van der Waals surface area contributed by atoms with Crippen LogP contribution in [0, 0.1) is 0 Å². The molecular formula is C20H18Cl2O5. The number of ether oxygens (including phenoxy) is 2. The number of carboxylic acid groups (broad SMARTS) is 1. The fourth-order valence-corrected chi connectivity index (χ4v) is 2.52. The molecule has 0 radical (unpaired) electrons. The first-order chi connectivity index (χ1) is 12.7. The normalized spacial score (nSPS) is 11.4. The Morgan fingerprint density at radius 3 is 2.22 bits per heavy atom. The van der Waals surface area contributed by atoms with E-state index in [1.165, 1.54) is 32.1 Å². The molecule has 0 aliphatic rings. The molecule has 27 heavy (non-hydrogen) atoms. The first kappa shape index (κ1) is 20.8. The molecule has 0 aromatic heterocycles. The van der Waals surface area contributed by atoms with Gasteiger partial charge in [0.15, 0.2) is 11.4 Å². The van der Waals surface area contributed by atoms with Crippen LogP contribution in [0.2, 0.25) is 10.0 Å². The Hall–Kier alpha value is -2.50. The lowest BCUT2D eigenvalue weighted by molar-refractivity contribution is -0.152. The quantitative estimate of drug-likeness (QED) is 0.507. The summed E-state index contributed by atoms with van der Waals surface area (Å²) in [6, 6.07) is 9.81. The Balaban J connectivity index is 2.21. The number of carboxylic acids is 1. The molecule has 5 nitrogen and oxygen atoms in total. The molecule has 0 fully saturated rings. The monoisotopic (exact) mass is 408 g/mol. The van der Waals surface area contributed by atoms with Crippen molar-refractivity contribution >= 4 is 41.0 Å². The van der Waals surface area contributed by atoms with Crippen molar-refractivity contribution in [1.29, 1.82) is 0 Å². The van der Waals surface area contributed by atoms with Crippen molar-refractivity contribution in [1.82, 2.24) is 0 Å². The predicted molar refractivity (Wildman–Crippen MR) is 105 cm³/mol. The minimum absolute atomic E-state index is 0.0741. The summed E-state index contributed by atoms with van der Waals surface area (Å²) in [5.41, 5.74) is -0.462. The molecule has 0 aliphatic heterocycles. The third kappa shape index (κ3) is 5.02. The van der Waals surface area contributed by atoms with Crippen LogP contribution in [0.15, 0.2) is 42.5 Å². The lowest BCUT2D eigenvalue weighted by Crippen LogP contribution is -2.37. The first-order valence-electron chi connectivity index (χ1n) is 7.92. The summed E-state index contributed by atoms with van der Waals surface area (Å²) in [6.45, 7) is 2.81. The molecule has 1 N–H and O–H groups in total. The molecule has 0 aliphatic carbocycles. The van der Waals surface area contributed by atoms with Gasteiger partial charge >= 0.3 is 5.97 Å². The van der Waals surface area contributed by atoms with Gasteiger partial charge in [0.2, 0.25) is 0 Å². The maximum atomic E-state index is 12.2. The van der Waals surface area contributed by atoms with Gasteiger partial charge in [0, 0.05) is 5.56 Å². The second kappa shape index (κ2) is 8.46. The Kier molecular flexibility index (Phi) is 6.52. The van der Waals surface area contributed by atoms with Crippen LogP contribution in [-0.2, 0) is 4.79 Å². The molecule has 0 amide bonds. The second-order valence-corrected chi connectivity index (χ2v) is 6.88. The van der Waals surface area contributed by atoms with E-state index in [4.69, 9.17) is 37.8 Å². The van der Waals surface area contributed by atoms with E-state index in [9.17, 15) is 9.59 Å². The van der Waals surface area contributed by atoms with E-state index in [1.807, 2.05) is 0 Å². The van der Waals surface area contributed by atoms with Crippen molar-refractivity contribution in [2.24, 2.45) is 0 Å². The van der Waals surface area contributed by atoms with E-state index in [0.717, 1.165) is 0 Å². The minimum atomic E-state index is -1.46. The summed E-state index contributed by atoms with van der Waals surface area (Å²) in [5, 5.41) is 9.38. The SMILES string of the molecule is COc1ccc(C(=O)C=Cc2ccc(OC(C)(C)C(=O)O)c(Cl)c2Cl)cc1. The maximum Gasteiger partial charge on any atom is 0.347 e. The number of allylic oxidation sites excluding steroid dienone is 1. The molecule has 2 aromatic rings. The summed E-state index contributed by atoms with van der Waals surface area (Å²) in [5.74, 6) is -0.543. The summed E-state index contributed by atoms with van der Waals surface area (Å²) >= 11 is 12.4. The van der Waals surface area contributed by atoms with Crippen LogP contribution in [0.25, 0.3) is 6.08 Å². The van der Waals surface area contributed by atoms with Gasteiger partial charge in [0.05, 0.1) is 12.1 Å². The molecule has 142 valence electrons. The van der Waals surface area contributed by atoms with E-state index in [1.54, 1.807) is 37.4 Å². The van der Waals surface area contributed by atoms with Crippen molar-refractivity contribution in [3.05, 3.63) is 63.6 Å². The van der Waals surface area contributed by atoms with Crippen molar-refractivity contribution in [2.45, 2.75) is 19.4 Å².